The standard InChI is InChI=1S/C14H18N4O2S/c1-18-10-13(9-16-18)17-21(19,20)14-4-2-3-11(7-14)8-15-12-5-6-12/h2-4,7,9-10,12,15,17H,5-6,8H2,1H3. The summed E-state index contributed by atoms with van der Waals surface area (Å²) in [4.78, 5) is 0.265. The summed E-state index contributed by atoms with van der Waals surface area (Å²) in [5, 5.41) is 7.32. The molecule has 1 fully saturated rings. The van der Waals surface area contributed by atoms with Crippen molar-refractivity contribution in [3.8, 4) is 0 Å². The number of anilines is 1. The monoisotopic (exact) mass is 306 g/mol. The summed E-state index contributed by atoms with van der Waals surface area (Å²) in [5.41, 5.74) is 1.43. The number of hydrogen-bond donors (Lipinski definition) is 2. The minimum atomic E-state index is -3.58. The van der Waals surface area contributed by atoms with E-state index in [0.717, 1.165) is 5.56 Å². The number of nitrogens with one attached hydrogen (secondary N) is 2. The van der Waals surface area contributed by atoms with Gasteiger partial charge < -0.3 is 5.32 Å². The quantitative estimate of drug-likeness (QED) is 0.847. The van der Waals surface area contributed by atoms with Crippen LogP contribution in [0.5, 0.6) is 0 Å². The van der Waals surface area contributed by atoms with Gasteiger partial charge in [-0.05, 0) is 30.5 Å². The highest BCUT2D eigenvalue weighted by Gasteiger charge is 2.20. The first-order valence-electron chi connectivity index (χ1n) is 6.87. The predicted octanol–water partition coefficient (Wildman–Crippen LogP) is 1.47. The lowest BCUT2D eigenvalue weighted by Gasteiger charge is -2.08. The summed E-state index contributed by atoms with van der Waals surface area (Å²) >= 11 is 0. The molecule has 0 aliphatic heterocycles. The summed E-state index contributed by atoms with van der Waals surface area (Å²) in [6.45, 7) is 0.695. The second kappa shape index (κ2) is 5.50. The van der Waals surface area contributed by atoms with Gasteiger partial charge in [0.25, 0.3) is 10.0 Å². The normalized spacial score (nSPS) is 15.1. The molecule has 7 heteroatoms. The number of sulfonamides is 1. The molecule has 0 spiro atoms. The van der Waals surface area contributed by atoms with Gasteiger partial charge in [-0.15, -0.1) is 0 Å². The molecular formula is C14H18N4O2S. The molecule has 0 radical (unpaired) electrons. The highest BCUT2D eigenvalue weighted by Crippen LogP contribution is 2.20. The molecule has 0 atom stereocenters. The number of aromatic nitrogens is 2. The maximum Gasteiger partial charge on any atom is 0.262 e. The number of hydrogen-bond acceptors (Lipinski definition) is 4. The third-order valence-electron chi connectivity index (χ3n) is 3.34. The van der Waals surface area contributed by atoms with Gasteiger partial charge in [-0.2, -0.15) is 5.10 Å². The van der Waals surface area contributed by atoms with Crippen molar-refractivity contribution < 1.29 is 8.42 Å². The predicted molar refractivity (Wildman–Crippen MR) is 80.3 cm³/mol. The molecule has 1 aromatic carbocycles. The Morgan fingerprint density at radius 1 is 1.38 bits per heavy atom. The molecule has 0 bridgehead atoms. The van der Waals surface area contributed by atoms with Crippen LogP contribution in [0.1, 0.15) is 18.4 Å². The van der Waals surface area contributed by atoms with Gasteiger partial charge in [0, 0.05) is 25.8 Å². The van der Waals surface area contributed by atoms with E-state index >= 15 is 0 Å². The van der Waals surface area contributed by atoms with Gasteiger partial charge >= 0.3 is 0 Å². The van der Waals surface area contributed by atoms with Crippen LogP contribution >= 0.6 is 0 Å². The van der Waals surface area contributed by atoms with E-state index in [-0.39, 0.29) is 4.90 Å². The van der Waals surface area contributed by atoms with Crippen LogP contribution in [-0.2, 0) is 23.6 Å². The SMILES string of the molecule is Cn1cc(NS(=O)(=O)c2cccc(CNC3CC3)c2)cn1. The highest BCUT2D eigenvalue weighted by atomic mass is 32.2. The highest BCUT2D eigenvalue weighted by molar-refractivity contribution is 7.92. The van der Waals surface area contributed by atoms with Gasteiger partial charge in [-0.1, -0.05) is 12.1 Å². The Bertz CT molecular complexity index is 735. The summed E-state index contributed by atoms with van der Waals surface area (Å²) < 4.78 is 28.8. The van der Waals surface area contributed by atoms with Gasteiger partial charge in [-0.3, -0.25) is 9.40 Å². The van der Waals surface area contributed by atoms with Crippen molar-refractivity contribution >= 4 is 15.7 Å². The van der Waals surface area contributed by atoms with Crippen LogP contribution in [0, 0.1) is 0 Å². The summed E-state index contributed by atoms with van der Waals surface area (Å²) in [5.74, 6) is 0. The number of aryl methyl sites for hydroxylation is 1. The lowest BCUT2D eigenvalue weighted by atomic mass is 10.2. The Morgan fingerprint density at radius 2 is 2.19 bits per heavy atom. The third kappa shape index (κ3) is 3.62. The topological polar surface area (TPSA) is 76.0 Å². The Morgan fingerprint density at radius 3 is 2.86 bits per heavy atom. The number of nitrogens with zero attached hydrogens (tertiary/aromatic N) is 2. The number of rotatable bonds is 6. The minimum absolute atomic E-state index is 0.265. The molecule has 1 aromatic heterocycles. The van der Waals surface area contributed by atoms with Gasteiger partial charge in [0.15, 0.2) is 0 Å². The van der Waals surface area contributed by atoms with E-state index in [9.17, 15) is 8.42 Å². The minimum Gasteiger partial charge on any atom is -0.310 e. The molecule has 0 saturated heterocycles. The molecule has 1 aliphatic rings. The molecule has 0 amide bonds. The molecule has 3 rings (SSSR count). The van der Waals surface area contributed by atoms with Crippen LogP contribution in [0.3, 0.4) is 0 Å². The van der Waals surface area contributed by atoms with E-state index in [1.807, 2.05) is 6.07 Å². The van der Waals surface area contributed by atoms with Crippen molar-refractivity contribution in [2.75, 3.05) is 4.72 Å². The van der Waals surface area contributed by atoms with E-state index < -0.39 is 10.0 Å². The Kier molecular flexibility index (Phi) is 3.69. The average Bonchev–Trinajstić information content (AvgIpc) is 3.20. The average molecular weight is 306 g/mol. The van der Waals surface area contributed by atoms with Crippen molar-refractivity contribution in [1.82, 2.24) is 15.1 Å². The van der Waals surface area contributed by atoms with Gasteiger partial charge in [0.1, 0.15) is 0 Å². The number of benzene rings is 1. The van der Waals surface area contributed by atoms with Crippen molar-refractivity contribution in [2.24, 2.45) is 7.05 Å². The zero-order chi connectivity index (χ0) is 14.9. The first-order valence-corrected chi connectivity index (χ1v) is 8.35. The Labute approximate surface area is 124 Å². The van der Waals surface area contributed by atoms with Gasteiger partial charge in [0.05, 0.1) is 16.8 Å². The second-order valence-electron chi connectivity index (χ2n) is 5.31. The fraction of sp³-hybridized carbons (Fsp3) is 0.357. The third-order valence-corrected chi connectivity index (χ3v) is 4.72. The van der Waals surface area contributed by atoms with Crippen LogP contribution in [0.2, 0.25) is 0 Å². The van der Waals surface area contributed by atoms with Crippen LogP contribution in [0.25, 0.3) is 0 Å². The van der Waals surface area contributed by atoms with Crippen molar-refractivity contribution in [3.05, 3.63) is 42.2 Å². The van der Waals surface area contributed by atoms with Crippen molar-refractivity contribution in [3.63, 3.8) is 0 Å². The zero-order valence-electron chi connectivity index (χ0n) is 11.8. The van der Waals surface area contributed by atoms with Crippen LogP contribution < -0.4 is 10.0 Å². The molecule has 2 N–H and O–H groups in total. The molecular weight excluding hydrogens is 288 g/mol. The first kappa shape index (κ1) is 14.1. The van der Waals surface area contributed by atoms with Crippen LogP contribution in [-0.4, -0.2) is 24.2 Å². The molecule has 0 unspecified atom stereocenters. The van der Waals surface area contributed by atoms with E-state index in [1.165, 1.54) is 19.0 Å². The molecule has 1 heterocycles. The van der Waals surface area contributed by atoms with Crippen LogP contribution in [0.4, 0.5) is 5.69 Å². The van der Waals surface area contributed by atoms with Crippen LogP contribution in [0.15, 0.2) is 41.6 Å². The lowest BCUT2D eigenvalue weighted by Crippen LogP contribution is -2.16. The van der Waals surface area contributed by atoms with Gasteiger partial charge in [0.2, 0.25) is 0 Å². The maximum absolute atomic E-state index is 12.3. The van der Waals surface area contributed by atoms with Crippen molar-refractivity contribution in [2.45, 2.75) is 30.3 Å². The second-order valence-corrected chi connectivity index (χ2v) is 6.99. The van der Waals surface area contributed by atoms with E-state index in [0.29, 0.717) is 18.3 Å². The summed E-state index contributed by atoms with van der Waals surface area (Å²) in [6.07, 6.45) is 5.52. The maximum atomic E-state index is 12.3. The molecule has 2 aromatic rings. The fourth-order valence-corrected chi connectivity index (χ4v) is 3.16. The van der Waals surface area contributed by atoms with E-state index in [2.05, 4.69) is 15.1 Å². The van der Waals surface area contributed by atoms with E-state index in [4.69, 9.17) is 0 Å². The summed E-state index contributed by atoms with van der Waals surface area (Å²) in [7, 11) is -1.84. The molecule has 1 aliphatic carbocycles. The fourth-order valence-electron chi connectivity index (χ4n) is 2.06. The zero-order valence-corrected chi connectivity index (χ0v) is 12.6. The lowest BCUT2D eigenvalue weighted by molar-refractivity contribution is 0.601. The smallest absolute Gasteiger partial charge is 0.262 e. The molecule has 6 nitrogen and oxygen atoms in total. The van der Waals surface area contributed by atoms with Gasteiger partial charge in [-0.25, -0.2) is 8.42 Å². The van der Waals surface area contributed by atoms with E-state index in [1.54, 1.807) is 36.1 Å². The Hall–Kier alpha value is -1.86. The Balaban J connectivity index is 1.75. The molecule has 1 saturated carbocycles. The summed E-state index contributed by atoms with van der Waals surface area (Å²) in [6, 6.07) is 7.59. The first-order chi connectivity index (χ1) is 10.0. The molecule has 21 heavy (non-hydrogen) atoms. The van der Waals surface area contributed by atoms with Crippen molar-refractivity contribution in [1.29, 1.82) is 0 Å². The molecule has 112 valence electrons. The largest absolute Gasteiger partial charge is 0.310 e.